The molecule has 0 fully saturated rings. The minimum Gasteiger partial charge on any atom is -0.439 e. The molecule has 0 atom stereocenters. The summed E-state index contributed by atoms with van der Waals surface area (Å²) in [5.41, 5.74) is 1.20. The lowest BCUT2D eigenvalue weighted by Gasteiger charge is -2.10. The summed E-state index contributed by atoms with van der Waals surface area (Å²) in [5, 5.41) is 0.493. The number of ether oxygens (including phenoxy) is 1. The van der Waals surface area contributed by atoms with Crippen LogP contribution in [0.25, 0.3) is 11.1 Å². The van der Waals surface area contributed by atoms with Crippen molar-refractivity contribution in [2.24, 2.45) is 0 Å². The van der Waals surface area contributed by atoms with Gasteiger partial charge < -0.3 is 4.74 Å². The molecule has 4 rings (SSSR count). The lowest BCUT2D eigenvalue weighted by atomic mass is 10.0. The average molecular weight is 437 g/mol. The van der Waals surface area contributed by atoms with Crippen LogP contribution in [0.2, 0.25) is 5.02 Å². The highest BCUT2D eigenvalue weighted by molar-refractivity contribution is 6.33. The molecule has 0 aliphatic heterocycles. The molecule has 0 unspecified atom stereocenters. The zero-order valence-electron chi connectivity index (χ0n) is 16.1. The highest BCUT2D eigenvalue weighted by Gasteiger charge is 2.18. The van der Waals surface area contributed by atoms with Crippen LogP contribution in [-0.2, 0) is 6.42 Å². The fourth-order valence-electron chi connectivity index (χ4n) is 3.02. The minimum absolute atomic E-state index is 0.227. The topological polar surface area (TPSA) is 52.1 Å². The van der Waals surface area contributed by atoms with Gasteiger partial charge in [-0.3, -0.25) is 9.78 Å². The van der Waals surface area contributed by atoms with E-state index in [0.29, 0.717) is 33.5 Å². The highest BCUT2D eigenvalue weighted by Crippen LogP contribution is 2.32. The van der Waals surface area contributed by atoms with Crippen molar-refractivity contribution in [3.05, 3.63) is 107 Å². The molecule has 0 aliphatic rings. The molecule has 0 N–H and O–H groups in total. The van der Waals surface area contributed by atoms with Gasteiger partial charge in [0.1, 0.15) is 17.4 Å². The molecule has 0 saturated carbocycles. The summed E-state index contributed by atoms with van der Waals surface area (Å²) in [7, 11) is 0. The van der Waals surface area contributed by atoms with Gasteiger partial charge in [-0.1, -0.05) is 29.8 Å². The molecule has 4 aromatic rings. The van der Waals surface area contributed by atoms with Crippen LogP contribution in [0.3, 0.4) is 0 Å². The van der Waals surface area contributed by atoms with Crippen molar-refractivity contribution in [2.75, 3.05) is 0 Å². The van der Waals surface area contributed by atoms with Crippen molar-refractivity contribution < 1.29 is 18.3 Å². The number of benzene rings is 2. The van der Waals surface area contributed by atoms with Gasteiger partial charge in [-0.25, -0.2) is 13.8 Å². The SMILES string of the molecule is O=C(Cc1ccc(-c2cc(Oc3ccccn3)ccc2Cl)cn1)c1c(F)cccc1F. The van der Waals surface area contributed by atoms with Crippen LogP contribution in [0, 0.1) is 11.6 Å². The van der Waals surface area contributed by atoms with E-state index >= 15 is 0 Å². The fourth-order valence-corrected chi connectivity index (χ4v) is 3.25. The third kappa shape index (κ3) is 4.75. The molecule has 0 radical (unpaired) electrons. The van der Waals surface area contributed by atoms with E-state index in [9.17, 15) is 13.6 Å². The van der Waals surface area contributed by atoms with Crippen molar-refractivity contribution in [1.82, 2.24) is 9.97 Å². The van der Waals surface area contributed by atoms with Crippen LogP contribution in [-0.4, -0.2) is 15.8 Å². The molecule has 4 nitrogen and oxygen atoms in total. The summed E-state index contributed by atoms with van der Waals surface area (Å²) in [5.74, 6) is -1.47. The Balaban J connectivity index is 1.54. The quantitative estimate of drug-likeness (QED) is 0.333. The Hall–Kier alpha value is -3.64. The van der Waals surface area contributed by atoms with Gasteiger partial charge in [0.05, 0.1) is 12.0 Å². The third-order valence-electron chi connectivity index (χ3n) is 4.52. The Morgan fingerprint density at radius 1 is 0.935 bits per heavy atom. The second-order valence-corrected chi connectivity index (χ2v) is 7.05. The van der Waals surface area contributed by atoms with E-state index in [-0.39, 0.29) is 6.42 Å². The van der Waals surface area contributed by atoms with Crippen LogP contribution >= 0.6 is 11.6 Å². The number of halogens is 3. The Kier molecular flexibility index (Phi) is 6.00. The average Bonchev–Trinajstić information content (AvgIpc) is 2.76. The van der Waals surface area contributed by atoms with Gasteiger partial charge in [-0.05, 0) is 42.5 Å². The predicted octanol–water partition coefficient (Wildman–Crippen LogP) is 6.29. The first-order valence-corrected chi connectivity index (χ1v) is 9.70. The van der Waals surface area contributed by atoms with Gasteiger partial charge in [-0.15, -0.1) is 0 Å². The molecule has 0 saturated heterocycles. The summed E-state index contributed by atoms with van der Waals surface area (Å²) >= 11 is 6.34. The Labute approximate surface area is 182 Å². The van der Waals surface area contributed by atoms with Crippen LogP contribution in [0.5, 0.6) is 11.6 Å². The predicted molar refractivity (Wildman–Crippen MR) is 113 cm³/mol. The van der Waals surface area contributed by atoms with Gasteiger partial charge in [0.2, 0.25) is 5.88 Å². The molecule has 0 amide bonds. The maximum atomic E-state index is 13.8. The number of Topliss-reactive ketones (excluding diaryl/α,β-unsaturated/α-hetero) is 1. The van der Waals surface area contributed by atoms with Gasteiger partial charge in [0.15, 0.2) is 5.78 Å². The summed E-state index contributed by atoms with van der Waals surface area (Å²) in [6.07, 6.45) is 2.95. The Bertz CT molecular complexity index is 1210. The zero-order valence-corrected chi connectivity index (χ0v) is 16.8. The molecule has 0 aliphatic carbocycles. The molecule has 31 heavy (non-hydrogen) atoms. The number of carbonyl (C=O) groups excluding carboxylic acids is 1. The van der Waals surface area contributed by atoms with Crippen molar-refractivity contribution in [2.45, 2.75) is 6.42 Å². The number of hydrogen-bond acceptors (Lipinski definition) is 4. The smallest absolute Gasteiger partial charge is 0.219 e. The van der Waals surface area contributed by atoms with Gasteiger partial charge >= 0.3 is 0 Å². The number of nitrogens with zero attached hydrogens (tertiary/aromatic N) is 2. The monoisotopic (exact) mass is 436 g/mol. The van der Waals surface area contributed by atoms with Gasteiger partial charge in [-0.2, -0.15) is 0 Å². The van der Waals surface area contributed by atoms with Crippen LogP contribution in [0.15, 0.2) is 79.1 Å². The molecule has 0 spiro atoms. The summed E-state index contributed by atoms with van der Waals surface area (Å²) in [4.78, 5) is 20.7. The van der Waals surface area contributed by atoms with Crippen LogP contribution in [0.1, 0.15) is 16.1 Å². The molecule has 154 valence electrons. The van der Waals surface area contributed by atoms with E-state index in [4.69, 9.17) is 16.3 Å². The standard InChI is InChI=1S/C24H15ClF2N2O2/c25-19-10-9-17(31-23-6-1-2-11-28-23)13-18(19)15-7-8-16(29-14-15)12-22(30)24-20(26)4-3-5-21(24)27/h1-11,13-14H,12H2. The van der Waals surface area contributed by atoms with E-state index in [1.54, 1.807) is 54.9 Å². The summed E-state index contributed by atoms with van der Waals surface area (Å²) in [6, 6.07) is 17.2. The summed E-state index contributed by atoms with van der Waals surface area (Å²) < 4.78 is 33.4. The lowest BCUT2D eigenvalue weighted by Crippen LogP contribution is -2.10. The number of hydrogen-bond donors (Lipinski definition) is 0. The number of rotatable bonds is 6. The van der Waals surface area contributed by atoms with E-state index < -0.39 is 23.0 Å². The first-order chi connectivity index (χ1) is 15.0. The molecule has 2 aromatic heterocycles. The van der Waals surface area contributed by atoms with E-state index in [1.165, 1.54) is 6.07 Å². The first-order valence-electron chi connectivity index (χ1n) is 9.32. The largest absolute Gasteiger partial charge is 0.439 e. The number of ketones is 1. The van der Waals surface area contributed by atoms with Crippen LogP contribution in [0.4, 0.5) is 8.78 Å². The number of aromatic nitrogens is 2. The normalized spacial score (nSPS) is 10.7. The number of pyridine rings is 2. The molecule has 7 heteroatoms. The first kappa shape index (κ1) is 20.6. The number of carbonyl (C=O) groups is 1. The molecule has 2 aromatic carbocycles. The Morgan fingerprint density at radius 3 is 2.42 bits per heavy atom. The highest BCUT2D eigenvalue weighted by atomic mass is 35.5. The van der Waals surface area contributed by atoms with Gasteiger partial charge in [0, 0.05) is 40.3 Å². The Morgan fingerprint density at radius 2 is 1.74 bits per heavy atom. The third-order valence-corrected chi connectivity index (χ3v) is 4.85. The lowest BCUT2D eigenvalue weighted by molar-refractivity contribution is 0.0984. The van der Waals surface area contributed by atoms with Crippen molar-refractivity contribution in [3.63, 3.8) is 0 Å². The molecular weight excluding hydrogens is 422 g/mol. The fraction of sp³-hybridized carbons (Fsp3) is 0.0417. The van der Waals surface area contributed by atoms with Crippen LogP contribution < -0.4 is 4.74 Å². The maximum Gasteiger partial charge on any atom is 0.219 e. The molecule has 0 bridgehead atoms. The van der Waals surface area contributed by atoms with E-state index in [1.807, 2.05) is 6.07 Å². The van der Waals surface area contributed by atoms with Crippen molar-refractivity contribution in [3.8, 4) is 22.8 Å². The van der Waals surface area contributed by atoms with Gasteiger partial charge in [0.25, 0.3) is 0 Å². The van der Waals surface area contributed by atoms with Crippen molar-refractivity contribution in [1.29, 1.82) is 0 Å². The van der Waals surface area contributed by atoms with E-state index in [2.05, 4.69) is 9.97 Å². The maximum absolute atomic E-state index is 13.8. The summed E-state index contributed by atoms with van der Waals surface area (Å²) in [6.45, 7) is 0. The second kappa shape index (κ2) is 9.02. The minimum atomic E-state index is -0.891. The second-order valence-electron chi connectivity index (χ2n) is 6.65. The van der Waals surface area contributed by atoms with Crippen molar-refractivity contribution >= 4 is 17.4 Å². The van der Waals surface area contributed by atoms with E-state index in [0.717, 1.165) is 12.1 Å². The molecule has 2 heterocycles. The molecular formula is C24H15ClF2N2O2. The zero-order chi connectivity index (χ0) is 21.8.